The standard InChI is InChI=1S/C14H20N4O2S/c1-14(19,5-8-20-2)9-17-13-11(12(15)18-21-13)10-3-6-16-7-4-10/h3-4,6-7,17,19H,5,8-9H2,1-2H3,(H2,15,18). The van der Waals surface area contributed by atoms with E-state index in [1.165, 1.54) is 11.5 Å². The number of nitrogens with one attached hydrogen (secondary N) is 1. The maximum absolute atomic E-state index is 10.3. The van der Waals surface area contributed by atoms with E-state index in [0.717, 1.165) is 16.1 Å². The molecule has 0 spiro atoms. The van der Waals surface area contributed by atoms with E-state index >= 15 is 0 Å². The third-order valence-electron chi connectivity index (χ3n) is 3.16. The Kier molecular flexibility index (Phi) is 5.11. The van der Waals surface area contributed by atoms with Crippen molar-refractivity contribution in [1.29, 1.82) is 0 Å². The number of methoxy groups -OCH3 is 1. The van der Waals surface area contributed by atoms with Crippen LogP contribution < -0.4 is 11.1 Å². The van der Waals surface area contributed by atoms with Crippen LogP contribution in [0.25, 0.3) is 11.1 Å². The van der Waals surface area contributed by atoms with E-state index in [-0.39, 0.29) is 0 Å². The molecule has 0 saturated carbocycles. The number of ether oxygens (including phenoxy) is 1. The quantitative estimate of drug-likeness (QED) is 0.724. The van der Waals surface area contributed by atoms with E-state index in [9.17, 15) is 5.11 Å². The highest BCUT2D eigenvalue weighted by Crippen LogP contribution is 2.36. The topological polar surface area (TPSA) is 93.3 Å². The number of pyridine rings is 1. The van der Waals surface area contributed by atoms with Crippen molar-refractivity contribution in [2.24, 2.45) is 0 Å². The third-order valence-corrected chi connectivity index (χ3v) is 3.98. The lowest BCUT2D eigenvalue weighted by molar-refractivity contribution is 0.0358. The fraction of sp³-hybridized carbons (Fsp3) is 0.429. The van der Waals surface area contributed by atoms with Crippen LogP contribution in [0, 0.1) is 0 Å². The average Bonchev–Trinajstić information content (AvgIpc) is 2.85. The highest BCUT2D eigenvalue weighted by Gasteiger charge is 2.22. The molecule has 1 atom stereocenters. The SMILES string of the molecule is COCCC(C)(O)CNc1snc(N)c1-c1ccncc1. The van der Waals surface area contributed by atoms with Crippen molar-refractivity contribution >= 4 is 22.4 Å². The maximum atomic E-state index is 10.3. The molecule has 0 radical (unpaired) electrons. The Balaban J connectivity index is 2.12. The maximum Gasteiger partial charge on any atom is 0.147 e. The first kappa shape index (κ1) is 15.7. The Labute approximate surface area is 128 Å². The van der Waals surface area contributed by atoms with Crippen molar-refractivity contribution in [2.75, 3.05) is 31.3 Å². The van der Waals surface area contributed by atoms with Crippen molar-refractivity contribution in [3.63, 3.8) is 0 Å². The van der Waals surface area contributed by atoms with Crippen LogP contribution in [0.15, 0.2) is 24.5 Å². The van der Waals surface area contributed by atoms with Gasteiger partial charge in [-0.15, -0.1) is 0 Å². The molecule has 21 heavy (non-hydrogen) atoms. The van der Waals surface area contributed by atoms with Crippen LogP contribution in [0.1, 0.15) is 13.3 Å². The molecule has 0 fully saturated rings. The Morgan fingerprint density at radius 3 is 2.81 bits per heavy atom. The Hall–Kier alpha value is -1.70. The zero-order chi connectivity index (χ0) is 15.3. The Morgan fingerprint density at radius 2 is 2.14 bits per heavy atom. The van der Waals surface area contributed by atoms with Crippen LogP contribution in [-0.4, -0.2) is 40.3 Å². The second-order valence-corrected chi connectivity index (χ2v) is 5.87. The summed E-state index contributed by atoms with van der Waals surface area (Å²) in [4.78, 5) is 4.00. The van der Waals surface area contributed by atoms with Gasteiger partial charge >= 0.3 is 0 Å². The first-order valence-electron chi connectivity index (χ1n) is 6.64. The minimum Gasteiger partial charge on any atom is -0.388 e. The molecule has 0 aliphatic carbocycles. The molecule has 0 amide bonds. The minimum atomic E-state index is -0.857. The van der Waals surface area contributed by atoms with Crippen LogP contribution in [0.5, 0.6) is 0 Å². The highest BCUT2D eigenvalue weighted by atomic mass is 32.1. The van der Waals surface area contributed by atoms with Gasteiger partial charge in [-0.1, -0.05) is 0 Å². The minimum absolute atomic E-state index is 0.399. The first-order valence-corrected chi connectivity index (χ1v) is 7.41. The summed E-state index contributed by atoms with van der Waals surface area (Å²) < 4.78 is 9.19. The largest absolute Gasteiger partial charge is 0.388 e. The Bertz CT molecular complexity index is 572. The number of rotatable bonds is 7. The molecule has 4 N–H and O–H groups in total. The van der Waals surface area contributed by atoms with E-state index in [0.29, 0.717) is 25.4 Å². The van der Waals surface area contributed by atoms with Gasteiger partial charge in [-0.25, -0.2) is 0 Å². The summed E-state index contributed by atoms with van der Waals surface area (Å²) in [5.41, 5.74) is 6.90. The predicted molar refractivity (Wildman–Crippen MR) is 85.4 cm³/mol. The molecule has 114 valence electrons. The molecular weight excluding hydrogens is 288 g/mol. The molecule has 6 nitrogen and oxygen atoms in total. The second kappa shape index (κ2) is 6.84. The van der Waals surface area contributed by atoms with Gasteiger partial charge in [-0.3, -0.25) is 4.98 Å². The van der Waals surface area contributed by atoms with E-state index in [2.05, 4.69) is 14.7 Å². The molecule has 0 bridgehead atoms. The van der Waals surface area contributed by atoms with Crippen LogP contribution >= 0.6 is 11.5 Å². The fourth-order valence-corrected chi connectivity index (χ4v) is 2.63. The molecule has 7 heteroatoms. The summed E-state index contributed by atoms with van der Waals surface area (Å²) in [6.45, 7) is 2.68. The number of nitrogens with zero attached hydrogens (tertiary/aromatic N) is 2. The van der Waals surface area contributed by atoms with Crippen LogP contribution in [0.3, 0.4) is 0 Å². The Morgan fingerprint density at radius 1 is 1.43 bits per heavy atom. The van der Waals surface area contributed by atoms with Gasteiger partial charge in [0.1, 0.15) is 10.8 Å². The van der Waals surface area contributed by atoms with Crippen molar-refractivity contribution < 1.29 is 9.84 Å². The number of nitrogen functional groups attached to an aromatic ring is 1. The number of anilines is 2. The van der Waals surface area contributed by atoms with E-state index in [4.69, 9.17) is 10.5 Å². The van der Waals surface area contributed by atoms with Gasteiger partial charge in [0, 0.05) is 39.1 Å². The summed E-state index contributed by atoms with van der Waals surface area (Å²) in [5.74, 6) is 0.477. The molecular formula is C14H20N4O2S. The molecule has 2 aromatic rings. The van der Waals surface area contributed by atoms with Crippen molar-refractivity contribution in [2.45, 2.75) is 18.9 Å². The molecule has 2 aromatic heterocycles. The smallest absolute Gasteiger partial charge is 0.147 e. The average molecular weight is 308 g/mol. The normalized spacial score (nSPS) is 13.9. The van der Waals surface area contributed by atoms with Crippen LogP contribution in [0.4, 0.5) is 10.8 Å². The summed E-state index contributed by atoms with van der Waals surface area (Å²) in [6, 6.07) is 3.77. The lowest BCUT2D eigenvalue weighted by Gasteiger charge is -2.23. The van der Waals surface area contributed by atoms with Gasteiger partial charge in [-0.05, 0) is 36.2 Å². The lowest BCUT2D eigenvalue weighted by Crippen LogP contribution is -2.34. The number of nitrogens with two attached hydrogens (primary N) is 1. The van der Waals surface area contributed by atoms with Gasteiger partial charge in [0.2, 0.25) is 0 Å². The molecule has 0 aromatic carbocycles. The van der Waals surface area contributed by atoms with E-state index in [1.54, 1.807) is 26.4 Å². The van der Waals surface area contributed by atoms with Crippen LogP contribution in [0.2, 0.25) is 0 Å². The molecule has 2 rings (SSSR count). The number of hydrogen-bond acceptors (Lipinski definition) is 7. The monoisotopic (exact) mass is 308 g/mol. The summed E-state index contributed by atoms with van der Waals surface area (Å²) in [7, 11) is 1.62. The van der Waals surface area contributed by atoms with Crippen molar-refractivity contribution in [3.05, 3.63) is 24.5 Å². The van der Waals surface area contributed by atoms with Crippen molar-refractivity contribution in [3.8, 4) is 11.1 Å². The van der Waals surface area contributed by atoms with Crippen molar-refractivity contribution in [1.82, 2.24) is 9.36 Å². The van der Waals surface area contributed by atoms with Crippen LogP contribution in [-0.2, 0) is 4.74 Å². The lowest BCUT2D eigenvalue weighted by atomic mass is 10.0. The van der Waals surface area contributed by atoms with Gasteiger partial charge in [0.25, 0.3) is 0 Å². The predicted octanol–water partition coefficient (Wildman–Crippen LogP) is 1.99. The van der Waals surface area contributed by atoms with Gasteiger partial charge in [0.15, 0.2) is 0 Å². The van der Waals surface area contributed by atoms with Gasteiger partial charge in [0.05, 0.1) is 11.2 Å². The zero-order valence-corrected chi connectivity index (χ0v) is 13.0. The first-order chi connectivity index (χ1) is 10.0. The molecule has 0 saturated heterocycles. The van der Waals surface area contributed by atoms with Gasteiger partial charge in [-0.2, -0.15) is 4.37 Å². The fourth-order valence-electron chi connectivity index (χ4n) is 1.90. The van der Waals surface area contributed by atoms with E-state index in [1.807, 2.05) is 12.1 Å². The molecule has 0 aliphatic rings. The zero-order valence-electron chi connectivity index (χ0n) is 12.2. The summed E-state index contributed by atoms with van der Waals surface area (Å²) >= 11 is 1.29. The summed E-state index contributed by atoms with van der Waals surface area (Å²) in [5, 5.41) is 14.4. The number of aliphatic hydroxyl groups is 1. The number of hydrogen-bond donors (Lipinski definition) is 3. The van der Waals surface area contributed by atoms with Gasteiger partial charge < -0.3 is 20.9 Å². The second-order valence-electron chi connectivity index (χ2n) is 5.10. The molecule has 1 unspecified atom stereocenters. The highest BCUT2D eigenvalue weighted by molar-refractivity contribution is 7.11. The molecule has 2 heterocycles. The number of aromatic nitrogens is 2. The van der Waals surface area contributed by atoms with E-state index < -0.39 is 5.60 Å². The molecule has 0 aliphatic heterocycles. The summed E-state index contributed by atoms with van der Waals surface area (Å²) in [6.07, 6.45) is 3.98. The third kappa shape index (κ3) is 4.13.